The standard InChI is InChI=1S/C15H19NOS/c17-8-6-12-5-7-16(9-12)10-13-11-18-15-4-2-1-3-14(13)15/h1-4,11-12,17H,5-10H2. The number of thiophene rings is 1. The van der Waals surface area contributed by atoms with Crippen molar-refractivity contribution in [2.75, 3.05) is 19.7 Å². The summed E-state index contributed by atoms with van der Waals surface area (Å²) < 4.78 is 1.39. The zero-order chi connectivity index (χ0) is 12.4. The maximum Gasteiger partial charge on any atom is 0.0434 e. The summed E-state index contributed by atoms with van der Waals surface area (Å²) >= 11 is 1.84. The fraction of sp³-hybridized carbons (Fsp3) is 0.467. The van der Waals surface area contributed by atoms with Crippen LogP contribution in [0.15, 0.2) is 29.6 Å². The largest absolute Gasteiger partial charge is 0.396 e. The molecule has 2 aromatic rings. The summed E-state index contributed by atoms with van der Waals surface area (Å²) in [4.78, 5) is 2.52. The molecule has 1 aliphatic rings. The van der Waals surface area contributed by atoms with Crippen molar-refractivity contribution in [3.8, 4) is 0 Å². The predicted molar refractivity (Wildman–Crippen MR) is 76.9 cm³/mol. The molecular weight excluding hydrogens is 242 g/mol. The summed E-state index contributed by atoms with van der Waals surface area (Å²) in [5.41, 5.74) is 1.46. The van der Waals surface area contributed by atoms with E-state index < -0.39 is 0 Å². The van der Waals surface area contributed by atoms with Crippen LogP contribution in [0.4, 0.5) is 0 Å². The minimum absolute atomic E-state index is 0.333. The van der Waals surface area contributed by atoms with Crippen LogP contribution in [0.3, 0.4) is 0 Å². The van der Waals surface area contributed by atoms with Crippen LogP contribution in [0.25, 0.3) is 10.1 Å². The first-order valence-corrected chi connectivity index (χ1v) is 7.53. The molecule has 0 aliphatic carbocycles. The fourth-order valence-corrected chi connectivity index (χ4v) is 3.82. The van der Waals surface area contributed by atoms with E-state index in [1.807, 2.05) is 11.3 Å². The lowest BCUT2D eigenvalue weighted by Gasteiger charge is -2.15. The van der Waals surface area contributed by atoms with Gasteiger partial charge in [0.05, 0.1) is 0 Å². The van der Waals surface area contributed by atoms with Gasteiger partial charge in [-0.3, -0.25) is 4.90 Å². The third-order valence-corrected chi connectivity index (χ3v) is 4.87. The normalized spacial score (nSPS) is 20.8. The Hall–Kier alpha value is -0.900. The Morgan fingerprint density at radius 3 is 3.11 bits per heavy atom. The zero-order valence-electron chi connectivity index (χ0n) is 10.5. The molecule has 1 N–H and O–H groups in total. The Kier molecular flexibility index (Phi) is 3.64. The number of benzene rings is 1. The SMILES string of the molecule is OCCC1CCN(Cc2csc3ccccc23)C1. The van der Waals surface area contributed by atoms with E-state index in [1.54, 1.807) is 0 Å². The molecule has 1 unspecified atom stereocenters. The fourth-order valence-electron chi connectivity index (χ4n) is 2.87. The van der Waals surface area contributed by atoms with Crippen LogP contribution >= 0.6 is 11.3 Å². The van der Waals surface area contributed by atoms with Gasteiger partial charge in [0, 0.05) is 24.4 Å². The molecule has 0 saturated carbocycles. The Morgan fingerprint density at radius 1 is 1.33 bits per heavy atom. The smallest absolute Gasteiger partial charge is 0.0434 e. The molecule has 96 valence electrons. The van der Waals surface area contributed by atoms with Crippen molar-refractivity contribution in [1.82, 2.24) is 4.90 Å². The van der Waals surface area contributed by atoms with Gasteiger partial charge in [0.1, 0.15) is 0 Å². The number of hydrogen-bond donors (Lipinski definition) is 1. The van der Waals surface area contributed by atoms with Gasteiger partial charge in [-0.05, 0) is 47.7 Å². The molecule has 1 aliphatic heterocycles. The number of nitrogens with zero attached hydrogens (tertiary/aromatic N) is 1. The first-order valence-electron chi connectivity index (χ1n) is 6.65. The van der Waals surface area contributed by atoms with E-state index in [4.69, 9.17) is 5.11 Å². The molecule has 0 radical (unpaired) electrons. The third-order valence-electron chi connectivity index (χ3n) is 3.86. The van der Waals surface area contributed by atoms with E-state index >= 15 is 0 Å². The highest BCUT2D eigenvalue weighted by Crippen LogP contribution is 2.28. The van der Waals surface area contributed by atoms with Gasteiger partial charge in [0.2, 0.25) is 0 Å². The van der Waals surface area contributed by atoms with Crippen molar-refractivity contribution in [3.05, 3.63) is 35.2 Å². The summed E-state index contributed by atoms with van der Waals surface area (Å²) in [6.45, 7) is 3.71. The molecule has 3 rings (SSSR count). The Bertz CT molecular complexity index is 522. The zero-order valence-corrected chi connectivity index (χ0v) is 11.3. The second-order valence-corrected chi connectivity index (χ2v) is 6.07. The van der Waals surface area contributed by atoms with Crippen molar-refractivity contribution < 1.29 is 5.11 Å². The van der Waals surface area contributed by atoms with Crippen LogP contribution in [-0.2, 0) is 6.54 Å². The first-order chi connectivity index (χ1) is 8.86. The second kappa shape index (κ2) is 5.39. The quantitative estimate of drug-likeness (QED) is 0.914. The molecular formula is C15H19NOS. The van der Waals surface area contributed by atoms with Crippen molar-refractivity contribution in [2.24, 2.45) is 5.92 Å². The maximum atomic E-state index is 8.99. The number of likely N-dealkylation sites (tertiary alicyclic amines) is 1. The highest BCUT2D eigenvalue weighted by molar-refractivity contribution is 7.17. The van der Waals surface area contributed by atoms with Gasteiger partial charge in [-0.15, -0.1) is 11.3 Å². The Balaban J connectivity index is 1.70. The van der Waals surface area contributed by atoms with Gasteiger partial charge >= 0.3 is 0 Å². The average molecular weight is 261 g/mol. The Labute approximate surface area is 112 Å². The average Bonchev–Trinajstić information content (AvgIpc) is 2.99. The number of aliphatic hydroxyl groups is 1. The van der Waals surface area contributed by atoms with Crippen LogP contribution < -0.4 is 0 Å². The lowest BCUT2D eigenvalue weighted by Crippen LogP contribution is -2.20. The van der Waals surface area contributed by atoms with E-state index in [0.29, 0.717) is 12.5 Å². The number of aliphatic hydroxyl groups excluding tert-OH is 1. The summed E-state index contributed by atoms with van der Waals surface area (Å²) in [5.74, 6) is 0.694. The number of hydrogen-bond acceptors (Lipinski definition) is 3. The topological polar surface area (TPSA) is 23.5 Å². The third kappa shape index (κ3) is 2.44. The molecule has 0 spiro atoms. The molecule has 0 bridgehead atoms. The molecule has 2 nitrogen and oxygen atoms in total. The van der Waals surface area contributed by atoms with Gasteiger partial charge in [0.15, 0.2) is 0 Å². The van der Waals surface area contributed by atoms with Gasteiger partial charge in [-0.1, -0.05) is 18.2 Å². The van der Waals surface area contributed by atoms with E-state index in [1.165, 1.54) is 28.6 Å². The van der Waals surface area contributed by atoms with Crippen molar-refractivity contribution in [2.45, 2.75) is 19.4 Å². The first kappa shape index (κ1) is 12.2. The Morgan fingerprint density at radius 2 is 2.22 bits per heavy atom. The molecule has 18 heavy (non-hydrogen) atoms. The molecule has 1 aromatic carbocycles. The molecule has 1 saturated heterocycles. The highest BCUT2D eigenvalue weighted by Gasteiger charge is 2.22. The van der Waals surface area contributed by atoms with E-state index in [9.17, 15) is 0 Å². The van der Waals surface area contributed by atoms with Crippen LogP contribution in [0.2, 0.25) is 0 Å². The summed E-state index contributed by atoms with van der Waals surface area (Å²) in [6, 6.07) is 8.65. The summed E-state index contributed by atoms with van der Waals surface area (Å²) in [6.07, 6.45) is 2.20. The summed E-state index contributed by atoms with van der Waals surface area (Å²) in [7, 11) is 0. The van der Waals surface area contributed by atoms with Crippen molar-refractivity contribution in [1.29, 1.82) is 0 Å². The molecule has 0 amide bonds. The minimum Gasteiger partial charge on any atom is -0.396 e. The van der Waals surface area contributed by atoms with Gasteiger partial charge in [-0.25, -0.2) is 0 Å². The molecule has 3 heteroatoms. The van der Waals surface area contributed by atoms with Crippen LogP contribution in [0, 0.1) is 5.92 Å². The van der Waals surface area contributed by atoms with Crippen molar-refractivity contribution >= 4 is 21.4 Å². The van der Waals surface area contributed by atoms with Crippen LogP contribution in [0.1, 0.15) is 18.4 Å². The van der Waals surface area contributed by atoms with Crippen LogP contribution in [-0.4, -0.2) is 29.7 Å². The molecule has 2 heterocycles. The van der Waals surface area contributed by atoms with E-state index in [0.717, 1.165) is 19.5 Å². The van der Waals surface area contributed by atoms with Gasteiger partial charge < -0.3 is 5.11 Å². The number of fused-ring (bicyclic) bond motifs is 1. The summed E-state index contributed by atoms with van der Waals surface area (Å²) in [5, 5.41) is 12.7. The predicted octanol–water partition coefficient (Wildman–Crippen LogP) is 3.11. The van der Waals surface area contributed by atoms with Gasteiger partial charge in [0.25, 0.3) is 0 Å². The maximum absolute atomic E-state index is 8.99. The number of rotatable bonds is 4. The molecule has 1 aromatic heterocycles. The lowest BCUT2D eigenvalue weighted by molar-refractivity contribution is 0.249. The van der Waals surface area contributed by atoms with Crippen LogP contribution in [0.5, 0.6) is 0 Å². The van der Waals surface area contributed by atoms with E-state index in [2.05, 4.69) is 34.5 Å². The molecule has 1 fully saturated rings. The van der Waals surface area contributed by atoms with Crippen molar-refractivity contribution in [3.63, 3.8) is 0 Å². The monoisotopic (exact) mass is 261 g/mol. The second-order valence-electron chi connectivity index (χ2n) is 5.16. The molecule has 1 atom stereocenters. The van der Waals surface area contributed by atoms with Gasteiger partial charge in [-0.2, -0.15) is 0 Å². The minimum atomic E-state index is 0.333. The lowest BCUT2D eigenvalue weighted by atomic mass is 10.1. The van der Waals surface area contributed by atoms with E-state index in [-0.39, 0.29) is 0 Å². The highest BCUT2D eigenvalue weighted by atomic mass is 32.1.